The van der Waals surface area contributed by atoms with Gasteiger partial charge < -0.3 is 9.13 Å². The molecule has 6 nitrogen and oxygen atoms in total. The fourth-order valence-corrected chi connectivity index (χ4v) is 4.87. The summed E-state index contributed by atoms with van der Waals surface area (Å²) in [5, 5.41) is 8.81. The number of hydrogen-bond donors (Lipinski definition) is 1. The Morgan fingerprint density at radius 3 is 2.20 bits per heavy atom. The average Bonchev–Trinajstić information content (AvgIpc) is 3.49. The van der Waals surface area contributed by atoms with E-state index in [2.05, 4.69) is 15.2 Å². The molecule has 35 heavy (non-hydrogen) atoms. The van der Waals surface area contributed by atoms with E-state index in [4.69, 9.17) is 12.2 Å². The van der Waals surface area contributed by atoms with Crippen LogP contribution in [0.2, 0.25) is 0 Å². The number of aromatic amines is 1. The maximum atomic E-state index is 12.8. The zero-order valence-electron chi connectivity index (χ0n) is 18.9. The minimum Gasteiger partial charge on any atom is -0.314 e. The van der Waals surface area contributed by atoms with Crippen molar-refractivity contribution in [2.24, 2.45) is 0 Å². The number of nitrogens with one attached hydrogen (secondary N) is 1. The molecule has 0 saturated heterocycles. The van der Waals surface area contributed by atoms with Gasteiger partial charge in [0.2, 0.25) is 0 Å². The average molecular weight is 498 g/mol. The summed E-state index contributed by atoms with van der Waals surface area (Å²) in [7, 11) is 0. The molecule has 0 amide bonds. The number of aromatic nitrogens is 5. The van der Waals surface area contributed by atoms with E-state index in [1.54, 1.807) is 0 Å². The van der Waals surface area contributed by atoms with Crippen LogP contribution in [0.25, 0.3) is 22.5 Å². The van der Waals surface area contributed by atoms with Crippen LogP contribution in [0.1, 0.15) is 36.0 Å². The molecule has 0 aliphatic heterocycles. The summed E-state index contributed by atoms with van der Waals surface area (Å²) < 4.78 is 42.8. The second-order valence-corrected chi connectivity index (χ2v) is 8.85. The normalized spacial score (nSPS) is 13.3. The Balaban J connectivity index is 1.44. The molecule has 5 rings (SSSR count). The number of nitrogens with zero attached hydrogens (tertiary/aromatic N) is 4. The summed E-state index contributed by atoms with van der Waals surface area (Å²) in [6.07, 6.45) is -1.88. The van der Waals surface area contributed by atoms with Crippen molar-refractivity contribution < 1.29 is 13.2 Å². The van der Waals surface area contributed by atoms with Crippen LogP contribution in [0.3, 0.4) is 0 Å². The maximum absolute atomic E-state index is 12.8. The molecule has 0 atom stereocenters. The van der Waals surface area contributed by atoms with Crippen molar-refractivity contribution in [1.82, 2.24) is 24.3 Å². The van der Waals surface area contributed by atoms with Gasteiger partial charge in [0.25, 0.3) is 5.56 Å². The summed E-state index contributed by atoms with van der Waals surface area (Å²) in [6, 6.07) is 12.6. The minimum atomic E-state index is -4.36. The Morgan fingerprint density at radius 2 is 1.57 bits per heavy atom. The topological polar surface area (TPSA) is 68.5 Å². The van der Waals surface area contributed by atoms with Crippen LogP contribution in [-0.4, -0.2) is 24.3 Å². The molecule has 0 bridgehead atoms. The predicted molar refractivity (Wildman–Crippen MR) is 129 cm³/mol. The first-order valence-electron chi connectivity index (χ1n) is 11.3. The fourth-order valence-electron chi connectivity index (χ4n) is 4.60. The van der Waals surface area contributed by atoms with Crippen molar-refractivity contribution >= 4 is 12.2 Å². The lowest BCUT2D eigenvalue weighted by Gasteiger charge is -2.14. The first-order chi connectivity index (χ1) is 16.8. The number of fused-ring (bicyclic) bond motifs is 1. The molecule has 0 spiro atoms. The van der Waals surface area contributed by atoms with Crippen molar-refractivity contribution in [3.63, 3.8) is 0 Å². The van der Waals surface area contributed by atoms with Crippen LogP contribution in [0.5, 0.6) is 0 Å². The third kappa shape index (κ3) is 4.34. The lowest BCUT2D eigenvalue weighted by atomic mass is 10.0. The van der Waals surface area contributed by atoms with Gasteiger partial charge in [-0.3, -0.25) is 9.78 Å². The number of hydrogen-bond acceptors (Lipinski definition) is 4. The first-order valence-corrected chi connectivity index (χ1v) is 11.7. The lowest BCUT2D eigenvalue weighted by Crippen LogP contribution is -2.21. The Bertz CT molecular complexity index is 1500. The van der Waals surface area contributed by atoms with Gasteiger partial charge in [-0.1, -0.05) is 36.4 Å². The molecule has 10 heteroatoms. The van der Waals surface area contributed by atoms with Gasteiger partial charge >= 0.3 is 6.18 Å². The summed E-state index contributed by atoms with van der Waals surface area (Å²) in [4.78, 5) is 15.0. The summed E-state index contributed by atoms with van der Waals surface area (Å²) in [5.41, 5.74) is 3.33. The van der Waals surface area contributed by atoms with Gasteiger partial charge in [-0.05, 0) is 61.7 Å². The van der Waals surface area contributed by atoms with Gasteiger partial charge in [-0.15, -0.1) is 10.2 Å². The molecule has 2 aromatic carbocycles. The van der Waals surface area contributed by atoms with Crippen molar-refractivity contribution in [3.05, 3.63) is 86.3 Å². The molecule has 1 N–H and O–H groups in total. The second kappa shape index (κ2) is 8.92. The molecule has 2 aromatic heterocycles. The zero-order valence-corrected chi connectivity index (χ0v) is 19.7. The molecule has 4 aromatic rings. The molecule has 0 fully saturated rings. The van der Waals surface area contributed by atoms with Crippen LogP contribution in [0.4, 0.5) is 13.2 Å². The third-order valence-corrected chi connectivity index (χ3v) is 6.71. The highest BCUT2D eigenvalue weighted by Gasteiger charge is 2.30. The van der Waals surface area contributed by atoms with E-state index in [0.717, 1.165) is 59.6 Å². The van der Waals surface area contributed by atoms with Crippen LogP contribution < -0.4 is 5.56 Å². The second-order valence-electron chi connectivity index (χ2n) is 8.46. The molecule has 1 aliphatic rings. The number of rotatable bonds is 5. The van der Waals surface area contributed by atoms with Gasteiger partial charge in [0, 0.05) is 23.4 Å². The molecule has 2 heterocycles. The van der Waals surface area contributed by atoms with E-state index in [-0.39, 0.29) is 5.56 Å². The largest absolute Gasteiger partial charge is 0.416 e. The zero-order chi connectivity index (χ0) is 24.7. The smallest absolute Gasteiger partial charge is 0.314 e. The molecule has 0 saturated carbocycles. The Hall–Kier alpha value is -3.53. The van der Waals surface area contributed by atoms with E-state index in [1.165, 1.54) is 12.1 Å². The fraction of sp³-hybridized carbons (Fsp3) is 0.280. The van der Waals surface area contributed by atoms with Crippen molar-refractivity contribution in [2.45, 2.75) is 45.5 Å². The number of H-pyrrole nitrogens is 1. The lowest BCUT2D eigenvalue weighted by molar-refractivity contribution is -0.137. The third-order valence-electron chi connectivity index (χ3n) is 6.39. The molecule has 180 valence electrons. The van der Waals surface area contributed by atoms with E-state index < -0.39 is 11.7 Å². The maximum Gasteiger partial charge on any atom is 0.416 e. The number of halogens is 3. The first kappa shape index (κ1) is 23.2. The summed E-state index contributed by atoms with van der Waals surface area (Å²) >= 11 is 5.44. The molecular weight excluding hydrogens is 475 g/mol. The van der Waals surface area contributed by atoms with Crippen LogP contribution in [0.15, 0.2) is 53.3 Å². The number of alkyl halides is 3. The van der Waals surface area contributed by atoms with Gasteiger partial charge in [-0.2, -0.15) is 13.2 Å². The SMILES string of the molecule is CCn1c(Cn2c3c(c(=O)[nH]c2=S)CCC3)nnc1-c1ccc(-c2ccc(C(F)(F)F)cc2)cc1. The van der Waals surface area contributed by atoms with E-state index >= 15 is 0 Å². The van der Waals surface area contributed by atoms with Crippen molar-refractivity contribution in [3.8, 4) is 22.5 Å². The van der Waals surface area contributed by atoms with Gasteiger partial charge in [0.15, 0.2) is 16.4 Å². The van der Waals surface area contributed by atoms with Gasteiger partial charge in [0.05, 0.1) is 12.1 Å². The summed E-state index contributed by atoms with van der Waals surface area (Å²) in [5.74, 6) is 1.42. The Labute approximate surface area is 204 Å². The highest BCUT2D eigenvalue weighted by atomic mass is 32.1. The van der Waals surface area contributed by atoms with Gasteiger partial charge in [-0.25, -0.2) is 0 Å². The Morgan fingerprint density at radius 1 is 0.943 bits per heavy atom. The van der Waals surface area contributed by atoms with Gasteiger partial charge in [0.1, 0.15) is 0 Å². The molecule has 1 aliphatic carbocycles. The van der Waals surface area contributed by atoms with E-state index in [1.807, 2.05) is 40.3 Å². The molecule has 0 radical (unpaired) electrons. The van der Waals surface area contributed by atoms with E-state index in [0.29, 0.717) is 29.2 Å². The van der Waals surface area contributed by atoms with E-state index in [9.17, 15) is 18.0 Å². The highest BCUT2D eigenvalue weighted by Crippen LogP contribution is 2.31. The predicted octanol–water partition coefficient (Wildman–Crippen LogP) is 5.41. The summed E-state index contributed by atoms with van der Waals surface area (Å²) in [6.45, 7) is 3.04. The standard InChI is InChI=1S/C25H22F3N5OS/c1-2-32-21(14-33-20-5-3-4-19(20)23(34)29-24(33)35)30-31-22(32)17-8-6-15(7-9-17)16-10-12-18(13-11-16)25(26,27)28/h6-13H,2-5,14H2,1H3,(H,29,34,35). The Kier molecular flexibility index (Phi) is 5.92. The molecule has 0 unspecified atom stereocenters. The van der Waals surface area contributed by atoms with Crippen molar-refractivity contribution in [1.29, 1.82) is 0 Å². The van der Waals surface area contributed by atoms with Crippen LogP contribution in [0, 0.1) is 4.77 Å². The van der Waals surface area contributed by atoms with Crippen molar-refractivity contribution in [2.75, 3.05) is 0 Å². The highest BCUT2D eigenvalue weighted by molar-refractivity contribution is 7.71. The quantitative estimate of drug-likeness (QED) is 0.375. The number of benzene rings is 2. The van der Waals surface area contributed by atoms with Crippen LogP contribution >= 0.6 is 12.2 Å². The minimum absolute atomic E-state index is 0.107. The van der Waals surface area contributed by atoms with Crippen LogP contribution in [-0.2, 0) is 32.1 Å². The molecular formula is C25H22F3N5OS. The monoisotopic (exact) mass is 497 g/mol.